The van der Waals surface area contributed by atoms with Gasteiger partial charge in [-0.1, -0.05) is 30.8 Å². The maximum absolute atomic E-state index is 13.0. The van der Waals surface area contributed by atoms with Gasteiger partial charge in [-0.3, -0.25) is 9.78 Å². The molecule has 1 N–H and O–H groups in total. The van der Waals surface area contributed by atoms with Gasteiger partial charge in [0.05, 0.1) is 11.3 Å². The van der Waals surface area contributed by atoms with Gasteiger partial charge in [0.2, 0.25) is 5.91 Å². The van der Waals surface area contributed by atoms with Gasteiger partial charge in [0.15, 0.2) is 0 Å². The van der Waals surface area contributed by atoms with Gasteiger partial charge >= 0.3 is 6.18 Å². The molecule has 0 radical (unpaired) electrons. The molecule has 0 spiro atoms. The maximum atomic E-state index is 13.0. The first-order valence-corrected chi connectivity index (χ1v) is 6.43. The highest BCUT2D eigenvalue weighted by Gasteiger charge is 2.33. The van der Waals surface area contributed by atoms with Gasteiger partial charge < -0.3 is 5.32 Å². The lowest BCUT2D eigenvalue weighted by Crippen LogP contribution is -2.19. The molecule has 0 bridgehead atoms. The van der Waals surface area contributed by atoms with Crippen molar-refractivity contribution in [3.05, 3.63) is 66.4 Å². The standard InChI is InChI=1S/C16H13F3N2O/c1-2-15(22)21-10-11-7-8-14(20-9-11)12-5-3-4-6-13(12)16(17,18)19/h2-9H,1,10H2,(H,21,22). The van der Waals surface area contributed by atoms with E-state index < -0.39 is 11.7 Å². The van der Waals surface area contributed by atoms with Gasteiger partial charge in [0, 0.05) is 18.3 Å². The molecule has 22 heavy (non-hydrogen) atoms. The zero-order chi connectivity index (χ0) is 16.2. The van der Waals surface area contributed by atoms with Crippen molar-refractivity contribution in [3.8, 4) is 11.3 Å². The molecule has 0 fully saturated rings. The summed E-state index contributed by atoms with van der Waals surface area (Å²) in [7, 11) is 0. The molecule has 0 saturated carbocycles. The molecule has 2 rings (SSSR count). The van der Waals surface area contributed by atoms with Gasteiger partial charge in [-0.05, 0) is 23.8 Å². The summed E-state index contributed by atoms with van der Waals surface area (Å²) >= 11 is 0. The third kappa shape index (κ3) is 3.72. The van der Waals surface area contributed by atoms with Crippen molar-refractivity contribution in [1.82, 2.24) is 10.3 Å². The zero-order valence-corrected chi connectivity index (χ0v) is 11.5. The van der Waals surface area contributed by atoms with Crippen LogP contribution in [0.5, 0.6) is 0 Å². The van der Waals surface area contributed by atoms with E-state index in [2.05, 4.69) is 16.9 Å². The Morgan fingerprint density at radius 3 is 2.55 bits per heavy atom. The predicted octanol–water partition coefficient (Wildman–Crippen LogP) is 3.57. The van der Waals surface area contributed by atoms with Crippen LogP contribution in [0.2, 0.25) is 0 Å². The summed E-state index contributed by atoms with van der Waals surface area (Å²) in [5.74, 6) is -0.327. The molecule has 0 saturated heterocycles. The van der Waals surface area contributed by atoms with E-state index in [1.807, 2.05) is 0 Å². The van der Waals surface area contributed by atoms with E-state index in [1.165, 1.54) is 30.5 Å². The van der Waals surface area contributed by atoms with Gasteiger partial charge in [0.1, 0.15) is 0 Å². The molecule has 0 atom stereocenters. The van der Waals surface area contributed by atoms with Crippen LogP contribution in [-0.4, -0.2) is 10.9 Å². The van der Waals surface area contributed by atoms with Crippen molar-refractivity contribution < 1.29 is 18.0 Å². The fourth-order valence-electron chi connectivity index (χ4n) is 1.90. The second-order valence-electron chi connectivity index (χ2n) is 4.52. The van der Waals surface area contributed by atoms with E-state index in [9.17, 15) is 18.0 Å². The van der Waals surface area contributed by atoms with E-state index in [-0.39, 0.29) is 23.7 Å². The van der Waals surface area contributed by atoms with Crippen molar-refractivity contribution in [2.24, 2.45) is 0 Å². The Morgan fingerprint density at radius 2 is 1.95 bits per heavy atom. The number of aromatic nitrogens is 1. The summed E-state index contributed by atoms with van der Waals surface area (Å²) in [5, 5.41) is 2.57. The lowest BCUT2D eigenvalue weighted by atomic mass is 10.0. The van der Waals surface area contributed by atoms with E-state index in [0.717, 1.165) is 12.1 Å². The second-order valence-corrected chi connectivity index (χ2v) is 4.52. The van der Waals surface area contributed by atoms with Crippen LogP contribution in [0.1, 0.15) is 11.1 Å². The molecule has 0 aliphatic rings. The number of rotatable bonds is 4. The first-order chi connectivity index (χ1) is 10.4. The normalized spacial score (nSPS) is 11.0. The number of alkyl halides is 3. The number of amides is 1. The Labute approximate surface area is 125 Å². The number of carbonyl (C=O) groups excluding carboxylic acids is 1. The average Bonchev–Trinajstić information content (AvgIpc) is 2.52. The predicted molar refractivity (Wildman–Crippen MR) is 76.7 cm³/mol. The molecule has 0 aliphatic carbocycles. The summed E-state index contributed by atoms with van der Waals surface area (Å²) in [6, 6.07) is 8.40. The molecule has 3 nitrogen and oxygen atoms in total. The van der Waals surface area contributed by atoms with Crippen LogP contribution in [0.3, 0.4) is 0 Å². The third-order valence-electron chi connectivity index (χ3n) is 2.99. The number of hydrogen-bond acceptors (Lipinski definition) is 2. The summed E-state index contributed by atoms with van der Waals surface area (Å²) in [6.07, 6.45) is -1.86. The largest absolute Gasteiger partial charge is 0.417 e. The van der Waals surface area contributed by atoms with Crippen LogP contribution in [0.15, 0.2) is 55.3 Å². The fourth-order valence-corrected chi connectivity index (χ4v) is 1.90. The van der Waals surface area contributed by atoms with Crippen molar-refractivity contribution in [2.45, 2.75) is 12.7 Å². The molecular formula is C16H13F3N2O. The van der Waals surface area contributed by atoms with Crippen molar-refractivity contribution in [2.75, 3.05) is 0 Å². The molecule has 1 amide bonds. The summed E-state index contributed by atoms with van der Waals surface area (Å²) in [4.78, 5) is 15.1. The number of pyridine rings is 1. The Bertz CT molecular complexity index is 679. The SMILES string of the molecule is C=CC(=O)NCc1ccc(-c2ccccc2C(F)(F)F)nc1. The van der Waals surface area contributed by atoms with Gasteiger partial charge in [-0.25, -0.2) is 0 Å². The van der Waals surface area contributed by atoms with Crippen LogP contribution in [0, 0.1) is 0 Å². The fraction of sp³-hybridized carbons (Fsp3) is 0.125. The molecular weight excluding hydrogens is 293 g/mol. The molecule has 2 aromatic rings. The third-order valence-corrected chi connectivity index (χ3v) is 2.99. The minimum Gasteiger partial charge on any atom is -0.348 e. The highest BCUT2D eigenvalue weighted by Crippen LogP contribution is 2.36. The summed E-state index contributed by atoms with van der Waals surface area (Å²) in [6.45, 7) is 3.56. The molecule has 1 heterocycles. The summed E-state index contributed by atoms with van der Waals surface area (Å²) in [5.41, 5.74) is 0.210. The number of nitrogens with zero attached hydrogens (tertiary/aromatic N) is 1. The Morgan fingerprint density at radius 1 is 1.23 bits per heavy atom. The highest BCUT2D eigenvalue weighted by molar-refractivity contribution is 5.86. The number of hydrogen-bond donors (Lipinski definition) is 1. The molecule has 0 aliphatic heterocycles. The molecule has 0 unspecified atom stereocenters. The van der Waals surface area contributed by atoms with E-state index in [1.54, 1.807) is 6.07 Å². The van der Waals surface area contributed by atoms with Crippen molar-refractivity contribution in [3.63, 3.8) is 0 Å². The number of halogens is 3. The summed E-state index contributed by atoms with van der Waals surface area (Å²) < 4.78 is 38.9. The van der Waals surface area contributed by atoms with E-state index in [4.69, 9.17) is 0 Å². The monoisotopic (exact) mass is 306 g/mol. The van der Waals surface area contributed by atoms with Crippen molar-refractivity contribution >= 4 is 5.91 Å². The van der Waals surface area contributed by atoms with Crippen LogP contribution < -0.4 is 5.32 Å². The minimum atomic E-state index is -4.44. The lowest BCUT2D eigenvalue weighted by molar-refractivity contribution is -0.137. The average molecular weight is 306 g/mol. The van der Waals surface area contributed by atoms with Crippen LogP contribution in [0.25, 0.3) is 11.3 Å². The minimum absolute atomic E-state index is 0.0247. The van der Waals surface area contributed by atoms with Crippen LogP contribution >= 0.6 is 0 Å². The first kappa shape index (κ1) is 15.8. The molecule has 6 heteroatoms. The van der Waals surface area contributed by atoms with Gasteiger partial charge in [-0.2, -0.15) is 13.2 Å². The number of carbonyl (C=O) groups is 1. The Kier molecular flexibility index (Phi) is 4.60. The van der Waals surface area contributed by atoms with Crippen LogP contribution in [-0.2, 0) is 17.5 Å². The second kappa shape index (κ2) is 6.43. The highest BCUT2D eigenvalue weighted by atomic mass is 19.4. The molecule has 1 aromatic carbocycles. The van der Waals surface area contributed by atoms with Crippen LogP contribution in [0.4, 0.5) is 13.2 Å². The molecule has 114 valence electrons. The lowest BCUT2D eigenvalue weighted by Gasteiger charge is -2.12. The van der Waals surface area contributed by atoms with Gasteiger partial charge in [0.25, 0.3) is 0 Å². The van der Waals surface area contributed by atoms with E-state index >= 15 is 0 Å². The van der Waals surface area contributed by atoms with E-state index in [0.29, 0.717) is 5.56 Å². The van der Waals surface area contributed by atoms with Gasteiger partial charge in [-0.15, -0.1) is 0 Å². The molecule has 1 aromatic heterocycles. The number of benzene rings is 1. The van der Waals surface area contributed by atoms with Crippen molar-refractivity contribution in [1.29, 1.82) is 0 Å². The topological polar surface area (TPSA) is 42.0 Å². The Balaban J connectivity index is 2.25. The Hall–Kier alpha value is -2.63. The zero-order valence-electron chi connectivity index (χ0n) is 11.5. The quantitative estimate of drug-likeness (QED) is 0.877. The number of nitrogens with one attached hydrogen (secondary N) is 1. The first-order valence-electron chi connectivity index (χ1n) is 6.43. The smallest absolute Gasteiger partial charge is 0.348 e. The maximum Gasteiger partial charge on any atom is 0.417 e.